The van der Waals surface area contributed by atoms with Crippen molar-refractivity contribution in [3.63, 3.8) is 0 Å². The van der Waals surface area contributed by atoms with E-state index in [1.54, 1.807) is 0 Å². The quantitative estimate of drug-likeness (QED) is 0.905. The highest BCUT2D eigenvalue weighted by Gasteiger charge is 2.32. The van der Waals surface area contributed by atoms with Crippen LogP contribution in [-0.2, 0) is 0 Å². The first-order valence-electron chi connectivity index (χ1n) is 7.70. The lowest BCUT2D eigenvalue weighted by Gasteiger charge is -2.27. The molecule has 1 aliphatic rings. The Morgan fingerprint density at radius 3 is 2.52 bits per heavy atom. The van der Waals surface area contributed by atoms with Crippen molar-refractivity contribution in [3.8, 4) is 0 Å². The van der Waals surface area contributed by atoms with Crippen molar-refractivity contribution in [1.82, 2.24) is 5.32 Å². The van der Waals surface area contributed by atoms with Crippen LogP contribution < -0.4 is 11.1 Å². The summed E-state index contributed by atoms with van der Waals surface area (Å²) in [6.45, 7) is 1.35. The summed E-state index contributed by atoms with van der Waals surface area (Å²) in [4.78, 5) is 12.4. The highest BCUT2D eigenvalue weighted by molar-refractivity contribution is 5.98. The fourth-order valence-corrected chi connectivity index (χ4v) is 3.28. The maximum atomic E-state index is 12.4. The molecule has 1 amide bonds. The number of benzene rings is 2. The molecule has 2 aromatic rings. The largest absolute Gasteiger partial charge is 0.351 e. The van der Waals surface area contributed by atoms with E-state index in [1.807, 2.05) is 36.4 Å². The number of nitrogens with one attached hydrogen (secondary N) is 1. The second kappa shape index (κ2) is 5.86. The van der Waals surface area contributed by atoms with Gasteiger partial charge >= 0.3 is 0 Å². The minimum Gasteiger partial charge on any atom is -0.351 e. The van der Waals surface area contributed by atoms with Gasteiger partial charge in [0.05, 0.1) is 0 Å². The van der Waals surface area contributed by atoms with Gasteiger partial charge in [0.2, 0.25) is 0 Å². The SMILES string of the molecule is NCC1(CNC(=O)c2ccc3ccccc3c2)CCCC1. The van der Waals surface area contributed by atoms with Crippen LogP contribution in [0.1, 0.15) is 36.0 Å². The Hall–Kier alpha value is -1.87. The molecule has 110 valence electrons. The second-order valence-electron chi connectivity index (χ2n) is 6.16. The molecule has 2 aromatic carbocycles. The molecule has 0 radical (unpaired) electrons. The van der Waals surface area contributed by atoms with Crippen LogP contribution in [0.3, 0.4) is 0 Å². The smallest absolute Gasteiger partial charge is 0.251 e. The van der Waals surface area contributed by atoms with Gasteiger partial charge in [0.1, 0.15) is 0 Å². The number of carbonyl (C=O) groups excluding carboxylic acids is 1. The first-order valence-corrected chi connectivity index (χ1v) is 7.70. The van der Waals surface area contributed by atoms with Crippen molar-refractivity contribution in [2.45, 2.75) is 25.7 Å². The predicted molar refractivity (Wildman–Crippen MR) is 86.2 cm³/mol. The van der Waals surface area contributed by atoms with E-state index in [-0.39, 0.29) is 11.3 Å². The standard InChI is InChI=1S/C18H22N2O/c19-12-18(9-3-4-10-18)13-20-17(21)16-8-7-14-5-1-2-6-15(14)11-16/h1-2,5-8,11H,3-4,9-10,12-13,19H2,(H,20,21). The Morgan fingerprint density at radius 1 is 1.10 bits per heavy atom. The molecule has 21 heavy (non-hydrogen) atoms. The Labute approximate surface area is 125 Å². The van der Waals surface area contributed by atoms with Crippen LogP contribution >= 0.6 is 0 Å². The Kier molecular flexibility index (Phi) is 3.93. The molecular weight excluding hydrogens is 260 g/mol. The fourth-order valence-electron chi connectivity index (χ4n) is 3.28. The molecule has 0 atom stereocenters. The zero-order valence-electron chi connectivity index (χ0n) is 12.3. The zero-order valence-corrected chi connectivity index (χ0v) is 12.3. The number of carbonyl (C=O) groups is 1. The minimum atomic E-state index is 0.000443. The normalized spacial score (nSPS) is 17.0. The molecule has 0 unspecified atom stereocenters. The van der Waals surface area contributed by atoms with Crippen LogP contribution in [0.15, 0.2) is 42.5 Å². The van der Waals surface area contributed by atoms with Gasteiger partial charge in [-0.25, -0.2) is 0 Å². The molecule has 3 N–H and O–H groups in total. The Balaban J connectivity index is 1.71. The molecule has 3 rings (SSSR count). The average molecular weight is 282 g/mol. The summed E-state index contributed by atoms with van der Waals surface area (Å²) in [7, 11) is 0. The number of amides is 1. The lowest BCUT2D eigenvalue weighted by Crippen LogP contribution is -2.40. The Morgan fingerprint density at radius 2 is 1.81 bits per heavy atom. The van der Waals surface area contributed by atoms with E-state index in [0.717, 1.165) is 29.2 Å². The molecule has 1 fully saturated rings. The Bertz CT molecular complexity index is 644. The molecule has 1 saturated carbocycles. The van der Waals surface area contributed by atoms with Crippen LogP contribution in [0.25, 0.3) is 10.8 Å². The van der Waals surface area contributed by atoms with Crippen LogP contribution in [0.4, 0.5) is 0 Å². The molecule has 0 aliphatic heterocycles. The molecule has 1 aliphatic carbocycles. The summed E-state index contributed by atoms with van der Waals surface area (Å²) in [5.74, 6) is 0.000443. The molecule has 3 heteroatoms. The van der Waals surface area contributed by atoms with Gasteiger partial charge in [0.15, 0.2) is 0 Å². The summed E-state index contributed by atoms with van der Waals surface area (Å²) < 4.78 is 0. The van der Waals surface area contributed by atoms with Crippen LogP contribution in [0.2, 0.25) is 0 Å². The third kappa shape index (κ3) is 2.93. The van der Waals surface area contributed by atoms with Gasteiger partial charge in [0, 0.05) is 12.1 Å². The highest BCUT2D eigenvalue weighted by atomic mass is 16.1. The average Bonchev–Trinajstić information content (AvgIpc) is 3.01. The van der Waals surface area contributed by atoms with Crippen molar-refractivity contribution in [2.24, 2.45) is 11.1 Å². The van der Waals surface area contributed by atoms with Gasteiger partial charge in [0.25, 0.3) is 5.91 Å². The third-order valence-electron chi connectivity index (χ3n) is 4.73. The van der Waals surface area contributed by atoms with Gasteiger partial charge in [-0.2, -0.15) is 0 Å². The van der Waals surface area contributed by atoms with Gasteiger partial charge in [-0.05, 0) is 47.7 Å². The molecule has 0 aromatic heterocycles. The molecule has 3 nitrogen and oxygen atoms in total. The number of nitrogens with two attached hydrogens (primary N) is 1. The van der Waals surface area contributed by atoms with E-state index in [9.17, 15) is 4.79 Å². The monoisotopic (exact) mass is 282 g/mol. The predicted octanol–water partition coefficient (Wildman–Crippen LogP) is 3.09. The van der Waals surface area contributed by atoms with Crippen molar-refractivity contribution < 1.29 is 4.79 Å². The molecule has 0 heterocycles. The summed E-state index contributed by atoms with van der Waals surface area (Å²) in [5, 5.41) is 5.33. The van der Waals surface area contributed by atoms with Crippen LogP contribution in [-0.4, -0.2) is 19.0 Å². The van der Waals surface area contributed by atoms with E-state index in [4.69, 9.17) is 5.73 Å². The minimum absolute atomic E-state index is 0.000443. The third-order valence-corrected chi connectivity index (χ3v) is 4.73. The van der Waals surface area contributed by atoms with Gasteiger partial charge < -0.3 is 11.1 Å². The topological polar surface area (TPSA) is 55.1 Å². The molecule has 0 bridgehead atoms. The molecule has 0 spiro atoms. The van der Waals surface area contributed by atoms with E-state index < -0.39 is 0 Å². The first-order chi connectivity index (χ1) is 10.2. The number of hydrogen-bond acceptors (Lipinski definition) is 2. The van der Waals surface area contributed by atoms with Gasteiger partial charge in [-0.15, -0.1) is 0 Å². The van der Waals surface area contributed by atoms with E-state index in [0.29, 0.717) is 13.1 Å². The zero-order chi connectivity index (χ0) is 14.7. The number of rotatable bonds is 4. The summed E-state index contributed by atoms with van der Waals surface area (Å²) >= 11 is 0. The van der Waals surface area contributed by atoms with Crippen molar-refractivity contribution >= 4 is 16.7 Å². The van der Waals surface area contributed by atoms with Crippen molar-refractivity contribution in [2.75, 3.05) is 13.1 Å². The number of hydrogen-bond donors (Lipinski definition) is 2. The fraction of sp³-hybridized carbons (Fsp3) is 0.389. The van der Waals surface area contributed by atoms with Crippen molar-refractivity contribution in [1.29, 1.82) is 0 Å². The van der Waals surface area contributed by atoms with E-state index >= 15 is 0 Å². The second-order valence-corrected chi connectivity index (χ2v) is 6.16. The van der Waals surface area contributed by atoms with E-state index in [1.165, 1.54) is 12.8 Å². The van der Waals surface area contributed by atoms with Gasteiger partial charge in [-0.3, -0.25) is 4.79 Å². The van der Waals surface area contributed by atoms with Crippen LogP contribution in [0.5, 0.6) is 0 Å². The maximum absolute atomic E-state index is 12.4. The lowest BCUT2D eigenvalue weighted by molar-refractivity contribution is 0.0932. The summed E-state index contributed by atoms with van der Waals surface area (Å²) in [6.07, 6.45) is 4.70. The maximum Gasteiger partial charge on any atom is 0.251 e. The lowest BCUT2D eigenvalue weighted by atomic mass is 9.86. The summed E-state index contributed by atoms with van der Waals surface area (Å²) in [6, 6.07) is 13.9. The molecular formula is C18H22N2O. The number of fused-ring (bicyclic) bond motifs is 1. The molecule has 0 saturated heterocycles. The van der Waals surface area contributed by atoms with Crippen LogP contribution in [0, 0.1) is 5.41 Å². The van der Waals surface area contributed by atoms with Gasteiger partial charge in [-0.1, -0.05) is 43.2 Å². The first kappa shape index (κ1) is 14.1. The summed E-state index contributed by atoms with van der Waals surface area (Å²) in [5.41, 5.74) is 6.76. The van der Waals surface area contributed by atoms with Crippen molar-refractivity contribution in [3.05, 3.63) is 48.0 Å². The van der Waals surface area contributed by atoms with E-state index in [2.05, 4.69) is 11.4 Å². The highest BCUT2D eigenvalue weighted by Crippen LogP contribution is 2.36.